The van der Waals surface area contributed by atoms with E-state index in [4.69, 9.17) is 21.4 Å². The van der Waals surface area contributed by atoms with Crippen LogP contribution in [0.2, 0.25) is 5.02 Å². The van der Waals surface area contributed by atoms with Crippen LogP contribution in [0.1, 0.15) is 6.42 Å². The van der Waals surface area contributed by atoms with Gasteiger partial charge in [-0.1, -0.05) is 17.7 Å². The molecular formula is C13H14ClNO5. The highest BCUT2D eigenvalue weighted by atomic mass is 35.5. The van der Waals surface area contributed by atoms with Gasteiger partial charge in [-0.2, -0.15) is 0 Å². The van der Waals surface area contributed by atoms with Crippen LogP contribution in [0.3, 0.4) is 0 Å². The van der Waals surface area contributed by atoms with Gasteiger partial charge in [-0.05, 0) is 18.2 Å². The second kappa shape index (κ2) is 6.11. The number of aliphatic hydroxyl groups is 1. The lowest BCUT2D eigenvalue weighted by atomic mass is 10.2. The van der Waals surface area contributed by atoms with Gasteiger partial charge in [0, 0.05) is 18.0 Å². The molecule has 1 aromatic carbocycles. The molecule has 1 amide bonds. The molecule has 0 saturated carbocycles. The van der Waals surface area contributed by atoms with Gasteiger partial charge in [0.05, 0.1) is 6.10 Å². The van der Waals surface area contributed by atoms with Crippen LogP contribution in [0.25, 0.3) is 0 Å². The summed E-state index contributed by atoms with van der Waals surface area (Å²) in [6, 6.07) is 5.56. The van der Waals surface area contributed by atoms with Gasteiger partial charge in [0.15, 0.2) is 6.61 Å². The maximum absolute atomic E-state index is 12.0. The fourth-order valence-electron chi connectivity index (χ4n) is 2.11. The molecule has 2 rings (SSSR count). The Morgan fingerprint density at radius 3 is 2.85 bits per heavy atom. The highest BCUT2D eigenvalue weighted by Crippen LogP contribution is 2.20. The van der Waals surface area contributed by atoms with Crippen molar-refractivity contribution < 1.29 is 24.5 Å². The number of aliphatic carboxylic acids is 1. The lowest BCUT2D eigenvalue weighted by Gasteiger charge is -2.21. The normalized spacial score (nSPS) is 21.8. The molecule has 0 bridgehead atoms. The minimum Gasteiger partial charge on any atom is -0.484 e. The number of nitrogens with zero attached hydrogens (tertiary/aromatic N) is 1. The van der Waals surface area contributed by atoms with E-state index in [0.29, 0.717) is 10.8 Å². The largest absolute Gasteiger partial charge is 0.484 e. The maximum Gasteiger partial charge on any atom is 0.326 e. The molecular weight excluding hydrogens is 286 g/mol. The number of β-amino-alcohol motifs (C(OH)–C–C–N with tert-alkyl or cyclic N) is 1. The summed E-state index contributed by atoms with van der Waals surface area (Å²) in [5.74, 6) is -1.18. The van der Waals surface area contributed by atoms with Gasteiger partial charge in [0.25, 0.3) is 5.91 Å². The van der Waals surface area contributed by atoms with Crippen molar-refractivity contribution in [1.82, 2.24) is 4.90 Å². The van der Waals surface area contributed by atoms with E-state index < -0.39 is 24.0 Å². The first-order valence-corrected chi connectivity index (χ1v) is 6.44. The van der Waals surface area contributed by atoms with Gasteiger partial charge in [-0.25, -0.2) is 4.79 Å². The lowest BCUT2D eigenvalue weighted by Crippen LogP contribution is -2.42. The van der Waals surface area contributed by atoms with Crippen molar-refractivity contribution in [1.29, 1.82) is 0 Å². The highest BCUT2D eigenvalue weighted by Gasteiger charge is 2.38. The van der Waals surface area contributed by atoms with E-state index in [1.165, 1.54) is 0 Å². The van der Waals surface area contributed by atoms with E-state index in [1.54, 1.807) is 24.3 Å². The summed E-state index contributed by atoms with van der Waals surface area (Å²) in [4.78, 5) is 24.1. The van der Waals surface area contributed by atoms with Crippen LogP contribution < -0.4 is 4.74 Å². The quantitative estimate of drug-likeness (QED) is 0.857. The summed E-state index contributed by atoms with van der Waals surface area (Å²) in [7, 11) is 0. The van der Waals surface area contributed by atoms with Crippen LogP contribution in [-0.2, 0) is 9.59 Å². The average Bonchev–Trinajstić information content (AvgIpc) is 2.78. The van der Waals surface area contributed by atoms with Crippen molar-refractivity contribution in [2.75, 3.05) is 13.2 Å². The van der Waals surface area contributed by atoms with Crippen molar-refractivity contribution in [3.8, 4) is 5.75 Å². The van der Waals surface area contributed by atoms with E-state index in [9.17, 15) is 14.7 Å². The Balaban J connectivity index is 1.96. The highest BCUT2D eigenvalue weighted by molar-refractivity contribution is 6.30. The van der Waals surface area contributed by atoms with E-state index >= 15 is 0 Å². The first-order valence-electron chi connectivity index (χ1n) is 6.06. The Morgan fingerprint density at radius 2 is 2.20 bits per heavy atom. The third kappa shape index (κ3) is 3.40. The Bertz CT molecular complexity index is 521. The number of carbonyl (C=O) groups is 2. The molecule has 0 spiro atoms. The first kappa shape index (κ1) is 14.6. The summed E-state index contributed by atoms with van der Waals surface area (Å²) >= 11 is 5.79. The number of rotatable bonds is 4. The number of likely N-dealkylation sites (tertiary alicyclic amines) is 1. The zero-order valence-electron chi connectivity index (χ0n) is 10.5. The van der Waals surface area contributed by atoms with E-state index in [1.807, 2.05) is 0 Å². The van der Waals surface area contributed by atoms with Crippen LogP contribution in [0.4, 0.5) is 0 Å². The van der Waals surface area contributed by atoms with E-state index in [0.717, 1.165) is 4.90 Å². The van der Waals surface area contributed by atoms with Crippen molar-refractivity contribution >= 4 is 23.5 Å². The summed E-state index contributed by atoms with van der Waals surface area (Å²) in [5.41, 5.74) is 0. The number of halogens is 1. The molecule has 20 heavy (non-hydrogen) atoms. The Hall–Kier alpha value is -1.79. The van der Waals surface area contributed by atoms with Crippen LogP contribution in [-0.4, -0.2) is 52.3 Å². The summed E-state index contributed by atoms with van der Waals surface area (Å²) in [6.07, 6.45) is -0.774. The SMILES string of the molecule is O=C(O)[C@H]1C[C@@H](O)CN1C(=O)COc1cccc(Cl)c1. The van der Waals surface area contributed by atoms with Gasteiger partial charge in [0.1, 0.15) is 11.8 Å². The van der Waals surface area contributed by atoms with Crippen molar-refractivity contribution in [3.63, 3.8) is 0 Å². The van der Waals surface area contributed by atoms with Crippen LogP contribution in [0.15, 0.2) is 24.3 Å². The Kier molecular flexibility index (Phi) is 4.46. The second-order valence-electron chi connectivity index (χ2n) is 4.54. The number of ether oxygens (including phenoxy) is 1. The van der Waals surface area contributed by atoms with Gasteiger partial charge in [0.2, 0.25) is 0 Å². The minimum atomic E-state index is -1.13. The summed E-state index contributed by atoms with van der Waals surface area (Å²) < 4.78 is 5.27. The third-order valence-corrected chi connectivity index (χ3v) is 3.28. The molecule has 1 aliphatic rings. The molecule has 7 heteroatoms. The van der Waals surface area contributed by atoms with Gasteiger partial charge < -0.3 is 19.8 Å². The molecule has 1 heterocycles. The molecule has 6 nitrogen and oxygen atoms in total. The molecule has 1 aliphatic heterocycles. The summed E-state index contributed by atoms with van der Waals surface area (Å²) in [6.45, 7) is -0.286. The third-order valence-electron chi connectivity index (χ3n) is 3.04. The van der Waals surface area contributed by atoms with Crippen molar-refractivity contribution in [2.24, 2.45) is 0 Å². The Morgan fingerprint density at radius 1 is 1.45 bits per heavy atom. The van der Waals surface area contributed by atoms with Gasteiger partial charge in [-0.3, -0.25) is 4.79 Å². The van der Waals surface area contributed by atoms with Crippen LogP contribution >= 0.6 is 11.6 Å². The van der Waals surface area contributed by atoms with Gasteiger partial charge in [-0.15, -0.1) is 0 Å². The number of carbonyl (C=O) groups excluding carboxylic acids is 1. The number of carboxylic acids is 1. The Labute approximate surface area is 120 Å². The predicted octanol–water partition coefficient (Wildman–Crippen LogP) is 0.765. The number of hydrogen-bond donors (Lipinski definition) is 2. The zero-order valence-corrected chi connectivity index (χ0v) is 11.3. The standard InChI is InChI=1S/C13H14ClNO5/c14-8-2-1-3-10(4-8)20-7-12(17)15-6-9(16)5-11(15)13(18)19/h1-4,9,11,16H,5-7H2,(H,18,19)/t9-,11-/m1/s1. The van der Waals surface area contributed by atoms with E-state index in [-0.39, 0.29) is 19.6 Å². The van der Waals surface area contributed by atoms with E-state index in [2.05, 4.69) is 0 Å². The molecule has 0 radical (unpaired) electrons. The predicted molar refractivity (Wildman–Crippen MR) is 70.7 cm³/mol. The fourth-order valence-corrected chi connectivity index (χ4v) is 2.29. The maximum atomic E-state index is 12.0. The molecule has 0 aliphatic carbocycles. The molecule has 2 atom stereocenters. The smallest absolute Gasteiger partial charge is 0.326 e. The molecule has 0 unspecified atom stereocenters. The fraction of sp³-hybridized carbons (Fsp3) is 0.385. The minimum absolute atomic E-state index is 0.00864. The van der Waals surface area contributed by atoms with Gasteiger partial charge >= 0.3 is 5.97 Å². The first-order chi connectivity index (χ1) is 9.47. The topological polar surface area (TPSA) is 87.1 Å². The molecule has 2 N–H and O–H groups in total. The molecule has 0 aromatic heterocycles. The average molecular weight is 300 g/mol. The monoisotopic (exact) mass is 299 g/mol. The molecule has 108 valence electrons. The van der Waals surface area contributed by atoms with Crippen molar-refractivity contribution in [2.45, 2.75) is 18.6 Å². The van der Waals surface area contributed by atoms with Crippen LogP contribution in [0, 0.1) is 0 Å². The molecule has 1 saturated heterocycles. The molecule has 1 aromatic rings. The number of aliphatic hydroxyl groups excluding tert-OH is 1. The van der Waals surface area contributed by atoms with Crippen LogP contribution in [0.5, 0.6) is 5.75 Å². The number of amides is 1. The molecule has 1 fully saturated rings. The number of benzene rings is 1. The zero-order chi connectivity index (χ0) is 14.7. The van der Waals surface area contributed by atoms with Crippen molar-refractivity contribution in [3.05, 3.63) is 29.3 Å². The number of carboxylic acid groups (broad SMARTS) is 1. The summed E-state index contributed by atoms with van der Waals surface area (Å²) in [5, 5.41) is 19.0. The number of hydrogen-bond acceptors (Lipinski definition) is 4. The lowest BCUT2D eigenvalue weighted by molar-refractivity contribution is -0.148. The second-order valence-corrected chi connectivity index (χ2v) is 4.97.